The number of hydrogen-bond acceptors (Lipinski definition) is 4. The first-order chi connectivity index (χ1) is 13.0. The first-order valence-corrected chi connectivity index (χ1v) is 10.1. The van der Waals surface area contributed by atoms with E-state index in [4.69, 9.17) is 9.47 Å². The van der Waals surface area contributed by atoms with E-state index in [9.17, 15) is 9.59 Å². The van der Waals surface area contributed by atoms with E-state index in [2.05, 4.69) is 5.32 Å². The second-order valence-electron chi connectivity index (χ2n) is 8.21. The van der Waals surface area contributed by atoms with Crippen LogP contribution in [0.4, 0.5) is 5.69 Å². The summed E-state index contributed by atoms with van der Waals surface area (Å²) in [6.45, 7) is 4.60. The third-order valence-corrected chi connectivity index (χ3v) is 5.76. The minimum atomic E-state index is -0.522. The molecule has 146 valence electrons. The van der Waals surface area contributed by atoms with Crippen molar-refractivity contribution in [3.63, 3.8) is 0 Å². The molecule has 1 atom stereocenters. The van der Waals surface area contributed by atoms with Crippen LogP contribution in [0.5, 0.6) is 11.5 Å². The minimum Gasteiger partial charge on any atom is -0.448 e. The van der Waals surface area contributed by atoms with Crippen molar-refractivity contribution in [3.05, 3.63) is 18.2 Å². The van der Waals surface area contributed by atoms with Crippen molar-refractivity contribution in [2.45, 2.75) is 70.6 Å². The molecule has 6 nitrogen and oxygen atoms in total. The Bertz CT molecular complexity index is 740. The van der Waals surface area contributed by atoms with Gasteiger partial charge in [-0.15, -0.1) is 0 Å². The fourth-order valence-corrected chi connectivity index (χ4v) is 4.45. The molecule has 2 heterocycles. The van der Waals surface area contributed by atoms with Crippen LogP contribution >= 0.6 is 0 Å². The summed E-state index contributed by atoms with van der Waals surface area (Å²) < 4.78 is 12.2. The quantitative estimate of drug-likeness (QED) is 0.875. The highest BCUT2D eigenvalue weighted by Crippen LogP contribution is 2.46. The molecular weight excluding hydrogens is 344 g/mol. The predicted octanol–water partition coefficient (Wildman–Crippen LogP) is 3.70. The van der Waals surface area contributed by atoms with Crippen LogP contribution in [0, 0.1) is 5.92 Å². The molecule has 6 heteroatoms. The molecule has 0 radical (unpaired) electrons. The van der Waals surface area contributed by atoms with Crippen molar-refractivity contribution in [1.29, 1.82) is 0 Å². The summed E-state index contributed by atoms with van der Waals surface area (Å²) in [5.41, 5.74) is 0.674. The Kier molecular flexibility index (Phi) is 4.74. The van der Waals surface area contributed by atoms with Crippen LogP contribution in [0.15, 0.2) is 18.2 Å². The maximum Gasteiger partial charge on any atom is 0.251 e. The van der Waals surface area contributed by atoms with E-state index in [1.165, 1.54) is 6.42 Å². The Morgan fingerprint density at radius 1 is 1.11 bits per heavy atom. The van der Waals surface area contributed by atoms with E-state index in [0.717, 1.165) is 37.9 Å². The third kappa shape index (κ3) is 3.49. The average Bonchev–Trinajstić information content (AvgIpc) is 3.18. The molecule has 1 saturated carbocycles. The van der Waals surface area contributed by atoms with Crippen molar-refractivity contribution in [3.8, 4) is 11.5 Å². The molecule has 1 spiro atoms. The van der Waals surface area contributed by atoms with Gasteiger partial charge in [0.15, 0.2) is 11.5 Å². The molecule has 1 saturated heterocycles. The topological polar surface area (TPSA) is 67.9 Å². The molecule has 3 aliphatic rings. The third-order valence-electron chi connectivity index (χ3n) is 5.76. The minimum absolute atomic E-state index is 0.0477. The maximum absolute atomic E-state index is 12.9. The molecule has 4 rings (SSSR count). The van der Waals surface area contributed by atoms with E-state index < -0.39 is 11.8 Å². The molecule has 2 amide bonds. The van der Waals surface area contributed by atoms with Crippen molar-refractivity contribution in [1.82, 2.24) is 4.90 Å². The predicted molar refractivity (Wildman–Crippen MR) is 102 cm³/mol. The van der Waals surface area contributed by atoms with Crippen LogP contribution in [0.2, 0.25) is 0 Å². The van der Waals surface area contributed by atoms with Crippen LogP contribution in [0.3, 0.4) is 0 Å². The first kappa shape index (κ1) is 18.1. The van der Waals surface area contributed by atoms with E-state index in [1.807, 2.05) is 32.0 Å². The van der Waals surface area contributed by atoms with Crippen LogP contribution in [0.25, 0.3) is 0 Å². The standard InChI is InChI=1S/C21H28N2O4/c1-14(2)19(23-12-6-7-18(23)24)20(25)22-15-8-9-16-17(13-15)27-21(26-16)10-4-3-5-11-21/h8-9,13-14,19H,3-7,10-12H2,1-2H3,(H,22,25). The number of likely N-dealkylation sites (tertiary alicyclic amines) is 1. The second kappa shape index (κ2) is 7.06. The van der Waals surface area contributed by atoms with Gasteiger partial charge in [0.05, 0.1) is 0 Å². The van der Waals surface area contributed by atoms with E-state index in [0.29, 0.717) is 24.4 Å². The van der Waals surface area contributed by atoms with Crippen LogP contribution in [-0.4, -0.2) is 35.1 Å². The smallest absolute Gasteiger partial charge is 0.251 e. The molecule has 0 bridgehead atoms. The van der Waals surface area contributed by atoms with Crippen molar-refractivity contribution >= 4 is 17.5 Å². The SMILES string of the molecule is CC(C)C(C(=O)Nc1ccc2c(c1)OC1(CCCCC1)O2)N1CCCC1=O. The lowest BCUT2D eigenvalue weighted by molar-refractivity contribution is -0.136. The van der Waals surface area contributed by atoms with Gasteiger partial charge in [-0.05, 0) is 37.3 Å². The molecule has 27 heavy (non-hydrogen) atoms. The highest BCUT2D eigenvalue weighted by Gasteiger charge is 2.42. The highest BCUT2D eigenvalue weighted by atomic mass is 16.7. The fourth-order valence-electron chi connectivity index (χ4n) is 4.45. The molecule has 0 aromatic heterocycles. The molecule has 1 unspecified atom stereocenters. The summed E-state index contributed by atoms with van der Waals surface area (Å²) >= 11 is 0. The zero-order chi connectivity index (χ0) is 19.0. The van der Waals surface area contributed by atoms with Crippen molar-refractivity contribution < 1.29 is 19.1 Å². The second-order valence-corrected chi connectivity index (χ2v) is 8.21. The molecular formula is C21H28N2O4. The van der Waals surface area contributed by atoms with Gasteiger partial charge in [-0.25, -0.2) is 0 Å². The van der Waals surface area contributed by atoms with Gasteiger partial charge in [-0.3, -0.25) is 9.59 Å². The number of nitrogens with zero attached hydrogens (tertiary/aromatic N) is 1. The fraction of sp³-hybridized carbons (Fsp3) is 0.619. The number of hydrogen-bond donors (Lipinski definition) is 1. The number of ether oxygens (including phenoxy) is 2. The summed E-state index contributed by atoms with van der Waals surface area (Å²) in [5, 5.41) is 2.97. The normalized spacial score (nSPS) is 21.7. The molecule has 1 aromatic carbocycles. The van der Waals surface area contributed by atoms with E-state index in [-0.39, 0.29) is 17.7 Å². The number of carbonyl (C=O) groups is 2. The molecule has 1 aromatic rings. The lowest BCUT2D eigenvalue weighted by atomic mass is 9.94. The Labute approximate surface area is 160 Å². The molecule has 2 aliphatic heterocycles. The number of amides is 2. The Balaban J connectivity index is 1.48. The summed E-state index contributed by atoms with van der Waals surface area (Å²) in [6, 6.07) is 5.08. The van der Waals surface area contributed by atoms with E-state index >= 15 is 0 Å². The van der Waals surface area contributed by atoms with Crippen LogP contribution in [0.1, 0.15) is 58.8 Å². The van der Waals surface area contributed by atoms with Crippen LogP contribution in [-0.2, 0) is 9.59 Å². The van der Waals surface area contributed by atoms with Gasteiger partial charge in [0.1, 0.15) is 6.04 Å². The van der Waals surface area contributed by atoms with Gasteiger partial charge in [-0.2, -0.15) is 0 Å². The Morgan fingerprint density at radius 2 is 1.85 bits per heavy atom. The Morgan fingerprint density at radius 3 is 2.52 bits per heavy atom. The Hall–Kier alpha value is -2.24. The van der Waals surface area contributed by atoms with Crippen molar-refractivity contribution in [2.24, 2.45) is 5.92 Å². The van der Waals surface area contributed by atoms with Gasteiger partial charge in [0.25, 0.3) is 5.79 Å². The molecule has 1 N–H and O–H groups in total. The number of rotatable bonds is 4. The summed E-state index contributed by atoms with van der Waals surface area (Å²) in [6.07, 6.45) is 6.59. The first-order valence-electron chi connectivity index (χ1n) is 10.1. The average molecular weight is 372 g/mol. The lowest BCUT2D eigenvalue weighted by Gasteiger charge is -2.31. The maximum atomic E-state index is 12.9. The largest absolute Gasteiger partial charge is 0.448 e. The number of benzene rings is 1. The summed E-state index contributed by atoms with van der Waals surface area (Å²) in [7, 11) is 0. The van der Waals surface area contributed by atoms with Crippen molar-refractivity contribution in [2.75, 3.05) is 11.9 Å². The number of nitrogens with one attached hydrogen (secondary N) is 1. The van der Waals surface area contributed by atoms with Crippen LogP contribution < -0.4 is 14.8 Å². The number of carbonyl (C=O) groups excluding carboxylic acids is 2. The lowest BCUT2D eigenvalue weighted by Crippen LogP contribution is -2.47. The monoisotopic (exact) mass is 372 g/mol. The highest BCUT2D eigenvalue weighted by molar-refractivity contribution is 5.98. The number of fused-ring (bicyclic) bond motifs is 1. The number of anilines is 1. The molecule has 1 aliphatic carbocycles. The van der Waals surface area contributed by atoms with Gasteiger partial charge in [-0.1, -0.05) is 20.3 Å². The van der Waals surface area contributed by atoms with E-state index in [1.54, 1.807) is 4.90 Å². The zero-order valence-electron chi connectivity index (χ0n) is 16.1. The molecule has 2 fully saturated rings. The van der Waals surface area contributed by atoms with Gasteiger partial charge < -0.3 is 19.7 Å². The summed E-state index contributed by atoms with van der Waals surface area (Å²) in [5.74, 6) is 0.871. The van der Waals surface area contributed by atoms with Gasteiger partial charge in [0, 0.05) is 37.6 Å². The zero-order valence-corrected chi connectivity index (χ0v) is 16.1. The van der Waals surface area contributed by atoms with Gasteiger partial charge >= 0.3 is 0 Å². The summed E-state index contributed by atoms with van der Waals surface area (Å²) in [4.78, 5) is 26.7. The van der Waals surface area contributed by atoms with Gasteiger partial charge in [0.2, 0.25) is 11.8 Å².